The summed E-state index contributed by atoms with van der Waals surface area (Å²) in [5.74, 6) is 0.0438. The summed E-state index contributed by atoms with van der Waals surface area (Å²) in [4.78, 5) is 26.9. The number of hydrogen-bond donors (Lipinski definition) is 0. The van der Waals surface area contributed by atoms with Gasteiger partial charge in [0.05, 0.1) is 4.92 Å². The van der Waals surface area contributed by atoms with E-state index in [9.17, 15) is 19.3 Å². The molecule has 2 unspecified atom stereocenters. The van der Waals surface area contributed by atoms with Gasteiger partial charge in [-0.15, -0.1) is 0 Å². The zero-order valence-corrected chi connectivity index (χ0v) is 16.5. The quantitative estimate of drug-likeness (QED) is 0.549. The van der Waals surface area contributed by atoms with E-state index in [2.05, 4.69) is 11.8 Å². The van der Waals surface area contributed by atoms with Crippen molar-refractivity contribution < 1.29 is 18.8 Å². The van der Waals surface area contributed by atoms with E-state index >= 15 is 0 Å². The second kappa shape index (κ2) is 9.00. The van der Waals surface area contributed by atoms with Gasteiger partial charge < -0.3 is 9.64 Å². The first-order valence-corrected chi connectivity index (χ1v) is 9.48. The second-order valence-corrected chi connectivity index (χ2v) is 7.34. The Morgan fingerprint density at radius 3 is 2.38 bits per heavy atom. The van der Waals surface area contributed by atoms with Gasteiger partial charge >= 0.3 is 0 Å². The van der Waals surface area contributed by atoms with E-state index in [-0.39, 0.29) is 36.1 Å². The molecule has 0 aliphatic carbocycles. The topological polar surface area (TPSA) is 75.9 Å². The van der Waals surface area contributed by atoms with Crippen LogP contribution in [0.25, 0.3) is 0 Å². The molecule has 1 saturated heterocycles. The summed E-state index contributed by atoms with van der Waals surface area (Å²) in [6.07, 6.45) is 0. The zero-order chi connectivity index (χ0) is 21.0. The number of piperazine rings is 1. The number of halogens is 1. The van der Waals surface area contributed by atoms with Crippen molar-refractivity contribution in [2.24, 2.45) is 0 Å². The Balaban J connectivity index is 1.54. The maximum absolute atomic E-state index is 13.1. The Bertz CT molecular complexity index is 857. The van der Waals surface area contributed by atoms with Gasteiger partial charge in [-0.1, -0.05) is 12.1 Å². The Labute approximate surface area is 168 Å². The number of nitro groups is 1. The van der Waals surface area contributed by atoms with Crippen molar-refractivity contribution in [3.8, 4) is 5.75 Å². The van der Waals surface area contributed by atoms with Gasteiger partial charge in [0.15, 0.2) is 6.61 Å². The molecular formula is C21H24FN3O4. The Morgan fingerprint density at radius 1 is 1.10 bits per heavy atom. The number of amides is 1. The van der Waals surface area contributed by atoms with Crippen LogP contribution in [0.2, 0.25) is 0 Å². The van der Waals surface area contributed by atoms with Crippen molar-refractivity contribution in [1.82, 2.24) is 9.80 Å². The highest BCUT2D eigenvalue weighted by Crippen LogP contribution is 2.20. The van der Waals surface area contributed by atoms with Crippen LogP contribution in [-0.2, 0) is 11.3 Å². The molecule has 1 aliphatic rings. The van der Waals surface area contributed by atoms with Gasteiger partial charge in [0, 0.05) is 43.9 Å². The molecule has 8 heteroatoms. The van der Waals surface area contributed by atoms with Crippen LogP contribution in [0.1, 0.15) is 19.4 Å². The normalized spacial score (nSPS) is 19.8. The molecule has 2 aromatic carbocycles. The van der Waals surface area contributed by atoms with Crippen molar-refractivity contribution in [3.63, 3.8) is 0 Å². The van der Waals surface area contributed by atoms with Crippen molar-refractivity contribution in [2.75, 3.05) is 19.7 Å². The minimum atomic E-state index is -0.483. The fraction of sp³-hybridized carbons (Fsp3) is 0.381. The molecule has 3 rings (SSSR count). The number of nitrogens with zero attached hydrogens (tertiary/aromatic N) is 3. The lowest BCUT2D eigenvalue weighted by atomic mass is 10.1. The van der Waals surface area contributed by atoms with Crippen molar-refractivity contribution >= 4 is 11.6 Å². The Morgan fingerprint density at radius 2 is 1.76 bits per heavy atom. The van der Waals surface area contributed by atoms with E-state index in [1.165, 1.54) is 36.4 Å². The first-order chi connectivity index (χ1) is 13.8. The highest BCUT2D eigenvalue weighted by Gasteiger charge is 2.32. The first-order valence-electron chi connectivity index (χ1n) is 9.48. The maximum Gasteiger partial charge on any atom is 0.269 e. The number of benzene rings is 2. The first kappa shape index (κ1) is 20.7. The van der Waals surface area contributed by atoms with Crippen LogP contribution in [-0.4, -0.2) is 52.4 Å². The lowest BCUT2D eigenvalue weighted by molar-refractivity contribution is -0.384. The molecule has 0 spiro atoms. The molecule has 1 aliphatic heterocycles. The molecular weight excluding hydrogens is 377 g/mol. The SMILES string of the molecule is CC1CN(C(=O)COc2ccc([N+](=O)[O-])cc2)C(C)CN1Cc1ccc(F)cc1. The van der Waals surface area contributed by atoms with Gasteiger partial charge in [0.2, 0.25) is 0 Å². The largest absolute Gasteiger partial charge is 0.484 e. The minimum absolute atomic E-state index is 0.0135. The fourth-order valence-electron chi connectivity index (χ4n) is 3.48. The van der Waals surface area contributed by atoms with Crippen LogP contribution in [0.5, 0.6) is 5.75 Å². The average Bonchev–Trinajstić information content (AvgIpc) is 2.70. The van der Waals surface area contributed by atoms with Crippen molar-refractivity contribution in [1.29, 1.82) is 0 Å². The lowest BCUT2D eigenvalue weighted by Gasteiger charge is -2.44. The number of nitro benzene ring substituents is 1. The van der Waals surface area contributed by atoms with Gasteiger partial charge in [-0.3, -0.25) is 19.8 Å². The summed E-state index contributed by atoms with van der Waals surface area (Å²) < 4.78 is 18.6. The molecule has 2 aromatic rings. The molecule has 29 heavy (non-hydrogen) atoms. The van der Waals surface area contributed by atoms with Gasteiger partial charge in [-0.05, 0) is 43.7 Å². The number of carbonyl (C=O) groups is 1. The maximum atomic E-state index is 13.1. The van der Waals surface area contributed by atoms with Crippen LogP contribution >= 0.6 is 0 Å². The lowest BCUT2D eigenvalue weighted by Crippen LogP contribution is -2.58. The molecule has 0 bridgehead atoms. The Hall–Kier alpha value is -3.00. The van der Waals surface area contributed by atoms with Gasteiger partial charge in [-0.2, -0.15) is 0 Å². The summed E-state index contributed by atoms with van der Waals surface area (Å²) in [5.41, 5.74) is 1.01. The average molecular weight is 401 g/mol. The molecule has 0 N–H and O–H groups in total. The third kappa shape index (κ3) is 5.29. The van der Waals surface area contributed by atoms with Crippen LogP contribution < -0.4 is 4.74 Å². The second-order valence-electron chi connectivity index (χ2n) is 7.34. The van der Waals surface area contributed by atoms with Crippen molar-refractivity contribution in [2.45, 2.75) is 32.5 Å². The molecule has 2 atom stereocenters. The number of hydrogen-bond acceptors (Lipinski definition) is 5. The molecule has 1 heterocycles. The smallest absolute Gasteiger partial charge is 0.269 e. The van der Waals surface area contributed by atoms with E-state index in [1.807, 2.05) is 6.92 Å². The van der Waals surface area contributed by atoms with E-state index in [0.717, 1.165) is 5.56 Å². The number of rotatable bonds is 6. The third-order valence-corrected chi connectivity index (χ3v) is 5.14. The summed E-state index contributed by atoms with van der Waals surface area (Å²) in [5, 5.41) is 10.7. The van der Waals surface area contributed by atoms with E-state index in [4.69, 9.17) is 4.74 Å². The van der Waals surface area contributed by atoms with Crippen LogP contribution in [0, 0.1) is 15.9 Å². The van der Waals surface area contributed by atoms with Gasteiger partial charge in [0.1, 0.15) is 11.6 Å². The molecule has 1 amide bonds. The van der Waals surface area contributed by atoms with E-state index in [1.54, 1.807) is 17.0 Å². The predicted octanol–water partition coefficient (Wildman–Crippen LogP) is 3.23. The van der Waals surface area contributed by atoms with Crippen LogP contribution in [0.15, 0.2) is 48.5 Å². The van der Waals surface area contributed by atoms with E-state index in [0.29, 0.717) is 25.4 Å². The molecule has 1 fully saturated rings. The zero-order valence-electron chi connectivity index (χ0n) is 16.5. The van der Waals surface area contributed by atoms with E-state index < -0.39 is 4.92 Å². The number of non-ortho nitro benzene ring substituents is 1. The molecule has 0 radical (unpaired) electrons. The third-order valence-electron chi connectivity index (χ3n) is 5.14. The summed E-state index contributed by atoms with van der Waals surface area (Å²) >= 11 is 0. The Kier molecular flexibility index (Phi) is 6.43. The molecule has 0 saturated carbocycles. The number of carbonyl (C=O) groups excluding carboxylic acids is 1. The monoisotopic (exact) mass is 401 g/mol. The fourth-order valence-corrected chi connectivity index (χ4v) is 3.48. The molecule has 7 nitrogen and oxygen atoms in total. The highest BCUT2D eigenvalue weighted by molar-refractivity contribution is 5.78. The van der Waals surface area contributed by atoms with Crippen LogP contribution in [0.3, 0.4) is 0 Å². The minimum Gasteiger partial charge on any atom is -0.484 e. The highest BCUT2D eigenvalue weighted by atomic mass is 19.1. The van der Waals surface area contributed by atoms with Crippen LogP contribution in [0.4, 0.5) is 10.1 Å². The standard InChI is InChI=1S/C21H24FN3O4/c1-15-12-24(16(2)11-23(15)13-17-3-5-18(22)6-4-17)21(26)14-29-20-9-7-19(8-10-20)25(27)28/h3-10,15-16H,11-14H2,1-2H3. The van der Waals surface area contributed by atoms with Crippen molar-refractivity contribution in [3.05, 3.63) is 70.0 Å². The summed E-state index contributed by atoms with van der Waals surface area (Å²) in [6, 6.07) is 12.3. The predicted molar refractivity (Wildman–Crippen MR) is 106 cm³/mol. The number of ether oxygens (including phenoxy) is 1. The van der Waals surface area contributed by atoms with Gasteiger partial charge in [-0.25, -0.2) is 4.39 Å². The summed E-state index contributed by atoms with van der Waals surface area (Å²) in [7, 11) is 0. The molecule has 0 aromatic heterocycles. The summed E-state index contributed by atoms with van der Waals surface area (Å²) in [6.45, 7) is 5.92. The van der Waals surface area contributed by atoms with Gasteiger partial charge in [0.25, 0.3) is 11.6 Å². The molecule has 154 valence electrons.